The van der Waals surface area contributed by atoms with Crippen LogP contribution in [0.3, 0.4) is 0 Å². The van der Waals surface area contributed by atoms with Gasteiger partial charge < -0.3 is 9.84 Å². The average Bonchev–Trinajstić information content (AvgIpc) is 2.73. The zero-order valence-corrected chi connectivity index (χ0v) is 15.1. The number of aliphatic hydroxyl groups excluding tert-OH is 1. The van der Waals surface area contributed by atoms with Crippen molar-refractivity contribution in [1.82, 2.24) is 0 Å². The fraction of sp³-hybridized carbons (Fsp3) is 0.125. The van der Waals surface area contributed by atoms with Crippen LogP contribution in [0.15, 0.2) is 85.5 Å². The van der Waals surface area contributed by atoms with Gasteiger partial charge in [0.05, 0.1) is 0 Å². The lowest BCUT2D eigenvalue weighted by atomic mass is 9.94. The molecule has 27 heavy (non-hydrogen) atoms. The summed E-state index contributed by atoms with van der Waals surface area (Å²) in [5.74, 6) is -0.440. The minimum absolute atomic E-state index is 0.133. The molecule has 136 valence electrons. The summed E-state index contributed by atoms with van der Waals surface area (Å²) in [6.07, 6.45) is 1.81. The largest absolute Gasteiger partial charge is 0.458 e. The number of hydrogen-bond acceptors (Lipinski definition) is 3. The summed E-state index contributed by atoms with van der Waals surface area (Å²) in [6.45, 7) is 3.76. The van der Waals surface area contributed by atoms with E-state index in [0.717, 1.165) is 33.4 Å². The minimum atomic E-state index is -0.440. The van der Waals surface area contributed by atoms with Crippen molar-refractivity contribution < 1.29 is 14.6 Å². The molecule has 0 radical (unpaired) electrons. The van der Waals surface area contributed by atoms with Gasteiger partial charge in [0.2, 0.25) is 0 Å². The molecule has 0 atom stereocenters. The third kappa shape index (κ3) is 4.72. The normalized spacial score (nSPS) is 10.4. The Balaban J connectivity index is 1.98. The highest BCUT2D eigenvalue weighted by Crippen LogP contribution is 2.30. The molecule has 3 aromatic carbocycles. The molecule has 0 aliphatic heterocycles. The molecule has 0 amide bonds. The van der Waals surface area contributed by atoms with Gasteiger partial charge in [0.15, 0.2) is 0 Å². The first kappa shape index (κ1) is 18.6. The molecule has 3 heteroatoms. The molecular formula is C24H22O3. The van der Waals surface area contributed by atoms with Crippen LogP contribution in [0.2, 0.25) is 0 Å². The van der Waals surface area contributed by atoms with Crippen LogP contribution in [0, 0.1) is 0 Å². The number of carbonyl (C=O) groups excluding carboxylic acids is 1. The lowest BCUT2D eigenvalue weighted by Gasteiger charge is -2.13. The number of aliphatic hydroxyl groups is 1. The van der Waals surface area contributed by atoms with Gasteiger partial charge in [-0.2, -0.15) is 0 Å². The highest BCUT2D eigenvalue weighted by Gasteiger charge is 2.10. The van der Waals surface area contributed by atoms with E-state index in [0.29, 0.717) is 6.42 Å². The van der Waals surface area contributed by atoms with Crippen molar-refractivity contribution in [1.29, 1.82) is 0 Å². The maximum atomic E-state index is 11.5. The highest BCUT2D eigenvalue weighted by atomic mass is 16.5. The third-order valence-electron chi connectivity index (χ3n) is 4.41. The summed E-state index contributed by atoms with van der Waals surface area (Å²) < 4.78 is 5.30. The van der Waals surface area contributed by atoms with Gasteiger partial charge in [-0.25, -0.2) is 4.79 Å². The molecule has 3 aromatic rings. The Bertz CT molecular complexity index is 912. The van der Waals surface area contributed by atoms with Crippen LogP contribution < -0.4 is 0 Å². The first-order valence-electron chi connectivity index (χ1n) is 8.89. The molecule has 0 saturated heterocycles. The topological polar surface area (TPSA) is 46.5 Å². The Morgan fingerprint density at radius 2 is 1.63 bits per heavy atom. The first-order valence-corrected chi connectivity index (χ1v) is 8.89. The Hall–Kier alpha value is -3.17. The number of ether oxygens (including phenoxy) is 1. The lowest BCUT2D eigenvalue weighted by Crippen LogP contribution is -2.02. The van der Waals surface area contributed by atoms with Crippen LogP contribution in [-0.2, 0) is 22.6 Å². The fourth-order valence-electron chi connectivity index (χ4n) is 2.99. The van der Waals surface area contributed by atoms with Crippen molar-refractivity contribution in [3.63, 3.8) is 0 Å². The van der Waals surface area contributed by atoms with Crippen LogP contribution in [0.1, 0.15) is 11.1 Å². The second-order valence-electron chi connectivity index (χ2n) is 6.22. The average molecular weight is 358 g/mol. The van der Waals surface area contributed by atoms with Gasteiger partial charge in [0.25, 0.3) is 0 Å². The third-order valence-corrected chi connectivity index (χ3v) is 4.41. The molecule has 0 aliphatic rings. The van der Waals surface area contributed by atoms with Crippen molar-refractivity contribution in [3.8, 4) is 22.3 Å². The van der Waals surface area contributed by atoms with Crippen molar-refractivity contribution in [2.24, 2.45) is 0 Å². The van der Waals surface area contributed by atoms with Gasteiger partial charge >= 0.3 is 5.97 Å². The van der Waals surface area contributed by atoms with Gasteiger partial charge in [-0.1, -0.05) is 73.3 Å². The van der Waals surface area contributed by atoms with E-state index in [1.165, 1.54) is 6.08 Å². The molecule has 3 nitrogen and oxygen atoms in total. The number of rotatable bonds is 7. The first-order chi connectivity index (χ1) is 13.2. The molecule has 0 fully saturated rings. The summed E-state index contributed by atoms with van der Waals surface area (Å²) in [5.41, 5.74) is 6.26. The Morgan fingerprint density at radius 3 is 2.30 bits per heavy atom. The second-order valence-corrected chi connectivity index (χ2v) is 6.22. The Morgan fingerprint density at radius 1 is 0.926 bits per heavy atom. The molecule has 0 saturated carbocycles. The SMILES string of the molecule is C=CC(=O)OCc1cc(-c2ccccc2)ccc1-c1ccc(CCO)cc1. The fourth-order valence-corrected chi connectivity index (χ4v) is 2.99. The predicted octanol–water partition coefficient (Wildman–Crippen LogP) is 4.78. The smallest absolute Gasteiger partial charge is 0.330 e. The maximum Gasteiger partial charge on any atom is 0.330 e. The quantitative estimate of drug-likeness (QED) is 0.488. The van der Waals surface area contributed by atoms with Crippen LogP contribution >= 0.6 is 0 Å². The molecule has 0 heterocycles. The molecule has 0 spiro atoms. The summed E-state index contributed by atoms with van der Waals surface area (Å²) in [6, 6.07) is 24.4. The number of benzene rings is 3. The summed E-state index contributed by atoms with van der Waals surface area (Å²) >= 11 is 0. The van der Waals surface area contributed by atoms with Gasteiger partial charge in [-0.05, 0) is 45.9 Å². The molecule has 3 rings (SSSR count). The van der Waals surface area contributed by atoms with Crippen molar-refractivity contribution in [3.05, 3.63) is 96.6 Å². The van der Waals surface area contributed by atoms with E-state index in [2.05, 4.69) is 36.9 Å². The molecule has 0 aromatic heterocycles. The van der Waals surface area contributed by atoms with Crippen LogP contribution in [0.4, 0.5) is 0 Å². The minimum Gasteiger partial charge on any atom is -0.458 e. The van der Waals surface area contributed by atoms with E-state index in [4.69, 9.17) is 9.84 Å². The summed E-state index contributed by atoms with van der Waals surface area (Å²) in [4.78, 5) is 11.5. The van der Waals surface area contributed by atoms with Crippen molar-refractivity contribution in [2.45, 2.75) is 13.0 Å². The number of esters is 1. The number of hydrogen-bond donors (Lipinski definition) is 1. The molecule has 0 bridgehead atoms. The van der Waals surface area contributed by atoms with Crippen molar-refractivity contribution >= 4 is 5.97 Å². The zero-order chi connectivity index (χ0) is 19.1. The van der Waals surface area contributed by atoms with Gasteiger partial charge in [0, 0.05) is 12.7 Å². The molecular weight excluding hydrogens is 336 g/mol. The molecule has 0 unspecified atom stereocenters. The van der Waals surface area contributed by atoms with E-state index in [1.54, 1.807) is 0 Å². The molecule has 1 N–H and O–H groups in total. The Kier molecular flexibility index (Phi) is 6.18. The van der Waals surface area contributed by atoms with Gasteiger partial charge in [0.1, 0.15) is 6.61 Å². The van der Waals surface area contributed by atoms with Gasteiger partial charge in [-0.3, -0.25) is 0 Å². The van der Waals surface area contributed by atoms with E-state index in [9.17, 15) is 4.79 Å². The predicted molar refractivity (Wildman–Crippen MR) is 108 cm³/mol. The maximum absolute atomic E-state index is 11.5. The monoisotopic (exact) mass is 358 g/mol. The van der Waals surface area contributed by atoms with E-state index in [1.807, 2.05) is 42.5 Å². The summed E-state index contributed by atoms with van der Waals surface area (Å²) in [5, 5.41) is 9.08. The van der Waals surface area contributed by atoms with E-state index >= 15 is 0 Å². The lowest BCUT2D eigenvalue weighted by molar-refractivity contribution is -0.138. The number of carbonyl (C=O) groups is 1. The zero-order valence-electron chi connectivity index (χ0n) is 15.1. The van der Waals surface area contributed by atoms with Crippen LogP contribution in [0.5, 0.6) is 0 Å². The van der Waals surface area contributed by atoms with E-state index < -0.39 is 5.97 Å². The molecule has 0 aliphatic carbocycles. The highest BCUT2D eigenvalue weighted by molar-refractivity contribution is 5.81. The van der Waals surface area contributed by atoms with Crippen LogP contribution in [-0.4, -0.2) is 17.7 Å². The standard InChI is InChI=1S/C24H22O3/c1-2-24(26)27-17-22-16-21(19-6-4-3-5-7-19)12-13-23(22)20-10-8-18(9-11-20)14-15-25/h2-13,16,25H,1,14-15,17H2. The second kappa shape index (κ2) is 8.97. The van der Waals surface area contributed by atoms with Crippen molar-refractivity contribution in [2.75, 3.05) is 6.61 Å². The summed E-state index contributed by atoms with van der Waals surface area (Å²) in [7, 11) is 0. The van der Waals surface area contributed by atoms with Crippen LogP contribution in [0.25, 0.3) is 22.3 Å². The van der Waals surface area contributed by atoms with Gasteiger partial charge in [-0.15, -0.1) is 0 Å². The Labute approximate surface area is 159 Å². The van der Waals surface area contributed by atoms with E-state index in [-0.39, 0.29) is 13.2 Å².